The number of likely N-dealkylation sites (N-methyl/N-ethyl adjacent to an activating group) is 1. The summed E-state index contributed by atoms with van der Waals surface area (Å²) in [4.78, 5) is 5.01. The molecule has 0 radical (unpaired) electrons. The number of hydrogen-bond acceptors (Lipinski definition) is 4. The largest absolute Gasteiger partial charge is 0.300 e. The van der Waals surface area contributed by atoms with Gasteiger partial charge in [-0.05, 0) is 59.5 Å². The van der Waals surface area contributed by atoms with Crippen LogP contribution in [0.15, 0.2) is 0 Å². The second-order valence-electron chi connectivity index (χ2n) is 7.58. The van der Waals surface area contributed by atoms with E-state index in [-0.39, 0.29) is 11.1 Å². The van der Waals surface area contributed by atoms with Gasteiger partial charge in [-0.15, -0.1) is 0 Å². The molecule has 1 N–H and O–H groups in total. The Bertz CT molecular complexity index is 383. The van der Waals surface area contributed by atoms with E-state index in [4.69, 9.17) is 0 Å². The number of nitrogens with one attached hydrogen (secondary N) is 1. The van der Waals surface area contributed by atoms with Crippen molar-refractivity contribution in [2.24, 2.45) is 0 Å². The number of rotatable bonds is 7. The number of nitriles is 1. The van der Waals surface area contributed by atoms with Crippen molar-refractivity contribution in [3.8, 4) is 6.07 Å². The maximum absolute atomic E-state index is 9.58. The molecule has 21 heavy (non-hydrogen) atoms. The molecule has 4 nitrogen and oxygen atoms in total. The number of piperazine rings is 1. The fraction of sp³-hybridized carbons (Fsp3) is 0.941. The molecule has 0 bridgehead atoms. The third kappa shape index (κ3) is 4.42. The van der Waals surface area contributed by atoms with Crippen molar-refractivity contribution in [2.75, 3.05) is 33.2 Å². The molecule has 1 saturated carbocycles. The zero-order valence-corrected chi connectivity index (χ0v) is 14.3. The topological polar surface area (TPSA) is 42.3 Å². The zero-order chi connectivity index (χ0) is 15.5. The van der Waals surface area contributed by atoms with Gasteiger partial charge in [0.25, 0.3) is 0 Å². The molecular formula is C17H32N4. The Morgan fingerprint density at radius 3 is 2.57 bits per heavy atom. The van der Waals surface area contributed by atoms with E-state index in [1.807, 2.05) is 0 Å². The molecule has 0 spiro atoms. The van der Waals surface area contributed by atoms with E-state index in [1.165, 1.54) is 12.8 Å². The summed E-state index contributed by atoms with van der Waals surface area (Å²) < 4.78 is 0. The molecule has 120 valence electrons. The Hall–Kier alpha value is -0.630. The van der Waals surface area contributed by atoms with E-state index in [0.717, 1.165) is 45.4 Å². The van der Waals surface area contributed by atoms with Crippen LogP contribution in [0.5, 0.6) is 0 Å². The summed E-state index contributed by atoms with van der Waals surface area (Å²) in [6, 6.07) is 3.16. The van der Waals surface area contributed by atoms with Gasteiger partial charge in [-0.2, -0.15) is 5.26 Å². The second-order valence-corrected chi connectivity index (χ2v) is 7.58. The third-order valence-electron chi connectivity index (χ3n) is 5.35. The molecule has 0 aromatic carbocycles. The predicted molar refractivity (Wildman–Crippen MR) is 87.2 cm³/mol. The van der Waals surface area contributed by atoms with Gasteiger partial charge in [0.1, 0.15) is 5.54 Å². The van der Waals surface area contributed by atoms with Crippen molar-refractivity contribution in [2.45, 2.75) is 70.0 Å². The van der Waals surface area contributed by atoms with Crippen LogP contribution in [0.3, 0.4) is 0 Å². The zero-order valence-electron chi connectivity index (χ0n) is 14.3. The lowest BCUT2D eigenvalue weighted by Crippen LogP contribution is -2.57. The van der Waals surface area contributed by atoms with Crippen molar-refractivity contribution < 1.29 is 0 Å². The van der Waals surface area contributed by atoms with Gasteiger partial charge in [0, 0.05) is 31.2 Å². The van der Waals surface area contributed by atoms with Crippen LogP contribution < -0.4 is 5.32 Å². The highest BCUT2D eigenvalue weighted by Gasteiger charge is 2.35. The third-order valence-corrected chi connectivity index (χ3v) is 5.35. The Morgan fingerprint density at radius 2 is 2.05 bits per heavy atom. The van der Waals surface area contributed by atoms with Crippen LogP contribution in [0.4, 0.5) is 0 Å². The van der Waals surface area contributed by atoms with Gasteiger partial charge < -0.3 is 4.90 Å². The molecule has 1 unspecified atom stereocenters. The Balaban J connectivity index is 1.78. The summed E-state index contributed by atoms with van der Waals surface area (Å²) in [7, 11) is 2.22. The monoisotopic (exact) mass is 292 g/mol. The molecule has 1 aliphatic heterocycles. The maximum atomic E-state index is 9.58. The van der Waals surface area contributed by atoms with Crippen molar-refractivity contribution in [1.82, 2.24) is 15.1 Å². The van der Waals surface area contributed by atoms with Crippen molar-refractivity contribution in [1.29, 1.82) is 5.26 Å². The normalized spacial score (nSPS) is 26.2. The molecule has 1 aliphatic carbocycles. The number of hydrogen-bond donors (Lipinski definition) is 1. The highest BCUT2D eigenvalue weighted by Crippen LogP contribution is 2.27. The second kappa shape index (κ2) is 6.64. The first-order valence-corrected chi connectivity index (χ1v) is 8.53. The standard InChI is InChI=1S/C17H32N4/c1-5-17(13-18,19-15-7-8-15)9-6-10-21-12-11-20(4)16(2,3)14-21/h15,19H,5-12,14H2,1-4H3. The highest BCUT2D eigenvalue weighted by atomic mass is 15.3. The van der Waals surface area contributed by atoms with Gasteiger partial charge >= 0.3 is 0 Å². The molecule has 2 aliphatic rings. The fourth-order valence-electron chi connectivity index (χ4n) is 3.27. The minimum absolute atomic E-state index is 0.265. The van der Waals surface area contributed by atoms with E-state index in [9.17, 15) is 5.26 Å². The Labute approximate surface area is 130 Å². The summed E-state index contributed by atoms with van der Waals surface area (Å²) in [6.07, 6.45) is 5.49. The van der Waals surface area contributed by atoms with Gasteiger partial charge in [-0.3, -0.25) is 10.2 Å². The fourth-order valence-corrected chi connectivity index (χ4v) is 3.27. The molecule has 1 heterocycles. The predicted octanol–water partition coefficient (Wildman–Crippen LogP) is 2.22. The highest BCUT2D eigenvalue weighted by molar-refractivity contribution is 5.09. The van der Waals surface area contributed by atoms with Crippen LogP contribution in [0.25, 0.3) is 0 Å². The van der Waals surface area contributed by atoms with E-state index in [0.29, 0.717) is 6.04 Å². The van der Waals surface area contributed by atoms with Crippen molar-refractivity contribution in [3.05, 3.63) is 0 Å². The summed E-state index contributed by atoms with van der Waals surface area (Å²) in [5, 5.41) is 13.2. The average molecular weight is 292 g/mol. The van der Waals surface area contributed by atoms with E-state index in [2.05, 4.69) is 49.0 Å². The Morgan fingerprint density at radius 1 is 1.33 bits per heavy atom. The quantitative estimate of drug-likeness (QED) is 0.781. The molecule has 1 atom stereocenters. The lowest BCUT2D eigenvalue weighted by Gasteiger charge is -2.45. The summed E-state index contributed by atoms with van der Waals surface area (Å²) in [5.74, 6) is 0. The minimum Gasteiger partial charge on any atom is -0.300 e. The first-order valence-electron chi connectivity index (χ1n) is 8.53. The molecule has 2 rings (SSSR count). The first-order chi connectivity index (χ1) is 9.91. The molecule has 0 aromatic heterocycles. The van der Waals surface area contributed by atoms with Gasteiger partial charge in [0.15, 0.2) is 0 Å². The van der Waals surface area contributed by atoms with Crippen LogP contribution in [-0.4, -0.2) is 60.1 Å². The van der Waals surface area contributed by atoms with Crippen LogP contribution >= 0.6 is 0 Å². The van der Waals surface area contributed by atoms with E-state index in [1.54, 1.807) is 0 Å². The van der Waals surface area contributed by atoms with Crippen LogP contribution in [0.2, 0.25) is 0 Å². The molecule has 2 fully saturated rings. The summed E-state index contributed by atoms with van der Waals surface area (Å²) >= 11 is 0. The lowest BCUT2D eigenvalue weighted by molar-refractivity contribution is 0.0385. The Kier molecular flexibility index (Phi) is 5.29. The molecule has 0 aromatic rings. The smallest absolute Gasteiger partial charge is 0.106 e. The molecule has 1 saturated heterocycles. The van der Waals surface area contributed by atoms with Crippen LogP contribution in [-0.2, 0) is 0 Å². The van der Waals surface area contributed by atoms with Gasteiger partial charge in [0.2, 0.25) is 0 Å². The molecule has 0 amide bonds. The average Bonchev–Trinajstić information content (AvgIpc) is 3.25. The van der Waals surface area contributed by atoms with Crippen LogP contribution in [0.1, 0.15) is 52.9 Å². The van der Waals surface area contributed by atoms with Gasteiger partial charge in [-0.25, -0.2) is 0 Å². The lowest BCUT2D eigenvalue weighted by atomic mass is 9.91. The molecular weight excluding hydrogens is 260 g/mol. The summed E-state index contributed by atoms with van der Waals surface area (Å²) in [5.41, 5.74) is -0.0230. The van der Waals surface area contributed by atoms with Gasteiger partial charge in [-0.1, -0.05) is 6.92 Å². The first kappa shape index (κ1) is 16.7. The SMILES string of the molecule is CCC(C#N)(CCCN1CCN(C)C(C)(C)C1)NC1CC1. The van der Waals surface area contributed by atoms with Crippen LogP contribution in [0, 0.1) is 11.3 Å². The van der Waals surface area contributed by atoms with Crippen molar-refractivity contribution >= 4 is 0 Å². The summed E-state index contributed by atoms with van der Waals surface area (Å²) in [6.45, 7) is 11.3. The maximum Gasteiger partial charge on any atom is 0.106 e. The minimum atomic E-state index is -0.288. The van der Waals surface area contributed by atoms with Gasteiger partial charge in [0.05, 0.1) is 6.07 Å². The molecule has 4 heteroatoms. The van der Waals surface area contributed by atoms with E-state index < -0.39 is 0 Å². The van der Waals surface area contributed by atoms with Crippen molar-refractivity contribution in [3.63, 3.8) is 0 Å². The number of nitrogens with zero attached hydrogens (tertiary/aromatic N) is 3. The van der Waals surface area contributed by atoms with E-state index >= 15 is 0 Å².